The third-order valence-electron chi connectivity index (χ3n) is 0.857. The Balaban J connectivity index is 2.48. The van der Waals surface area contributed by atoms with Gasteiger partial charge in [-0.05, 0) is 14.1 Å². The zero-order valence-corrected chi connectivity index (χ0v) is 6.35. The van der Waals surface area contributed by atoms with Gasteiger partial charge in [0.15, 0.2) is 0 Å². The molecule has 50 valence electrons. The van der Waals surface area contributed by atoms with Crippen LogP contribution in [0.25, 0.3) is 0 Å². The minimum absolute atomic E-state index is 0.894. The van der Waals surface area contributed by atoms with Crippen LogP contribution in [0.5, 0.6) is 0 Å². The van der Waals surface area contributed by atoms with Crippen molar-refractivity contribution in [1.29, 1.82) is 0 Å². The van der Waals surface area contributed by atoms with E-state index in [0.717, 1.165) is 11.6 Å². The van der Waals surface area contributed by atoms with Crippen molar-refractivity contribution in [1.82, 2.24) is 15.1 Å². The molecule has 0 saturated heterocycles. The van der Waals surface area contributed by atoms with Gasteiger partial charge < -0.3 is 4.90 Å². The molecule has 0 spiro atoms. The Morgan fingerprint density at radius 2 is 2.44 bits per heavy atom. The molecule has 0 aliphatic carbocycles. The highest BCUT2D eigenvalue weighted by molar-refractivity contribution is 7.09. The van der Waals surface area contributed by atoms with E-state index in [4.69, 9.17) is 0 Å². The van der Waals surface area contributed by atoms with Crippen molar-refractivity contribution in [3.8, 4) is 0 Å². The molecular weight excluding hydrogens is 134 g/mol. The number of aromatic nitrogens is 2. The van der Waals surface area contributed by atoms with Crippen LogP contribution in [-0.2, 0) is 6.54 Å². The van der Waals surface area contributed by atoms with Gasteiger partial charge in [0, 0.05) is 0 Å². The Morgan fingerprint density at radius 3 is 2.89 bits per heavy atom. The summed E-state index contributed by atoms with van der Waals surface area (Å²) >= 11 is 1.59. The Bertz CT molecular complexity index is 159. The second-order valence-electron chi connectivity index (χ2n) is 2.07. The Hall–Kier alpha value is -0.480. The van der Waals surface area contributed by atoms with Crippen LogP contribution in [0.3, 0.4) is 0 Å². The van der Waals surface area contributed by atoms with Gasteiger partial charge in [0.05, 0.1) is 6.54 Å². The van der Waals surface area contributed by atoms with Crippen LogP contribution >= 0.6 is 11.3 Å². The first-order valence-corrected chi connectivity index (χ1v) is 3.57. The van der Waals surface area contributed by atoms with Gasteiger partial charge in [-0.15, -0.1) is 21.5 Å². The molecule has 0 unspecified atom stereocenters. The predicted octanol–water partition coefficient (Wildman–Crippen LogP) is 0.600. The molecule has 1 heterocycles. The molecular formula is C5H9N3S. The van der Waals surface area contributed by atoms with E-state index in [-0.39, 0.29) is 0 Å². The summed E-state index contributed by atoms with van der Waals surface area (Å²) in [6, 6.07) is 0. The van der Waals surface area contributed by atoms with Crippen LogP contribution in [0.2, 0.25) is 0 Å². The summed E-state index contributed by atoms with van der Waals surface area (Å²) in [6.07, 6.45) is 0. The van der Waals surface area contributed by atoms with E-state index in [1.54, 1.807) is 16.8 Å². The predicted molar refractivity (Wildman–Crippen MR) is 37.3 cm³/mol. The highest BCUT2D eigenvalue weighted by Gasteiger charge is 1.95. The molecule has 0 aliphatic heterocycles. The highest BCUT2D eigenvalue weighted by Crippen LogP contribution is 2.02. The van der Waals surface area contributed by atoms with Crippen LogP contribution in [0.4, 0.5) is 0 Å². The van der Waals surface area contributed by atoms with Crippen LogP contribution in [0.1, 0.15) is 5.01 Å². The summed E-state index contributed by atoms with van der Waals surface area (Å²) in [5.41, 5.74) is 1.75. The fourth-order valence-corrected chi connectivity index (χ4v) is 1.18. The van der Waals surface area contributed by atoms with Crippen molar-refractivity contribution in [3.05, 3.63) is 10.5 Å². The lowest BCUT2D eigenvalue weighted by atomic mass is 10.6. The van der Waals surface area contributed by atoms with Gasteiger partial charge >= 0.3 is 0 Å². The Morgan fingerprint density at radius 1 is 1.67 bits per heavy atom. The second-order valence-corrected chi connectivity index (χ2v) is 2.99. The van der Waals surface area contributed by atoms with E-state index < -0.39 is 0 Å². The van der Waals surface area contributed by atoms with E-state index in [1.807, 2.05) is 14.1 Å². The Kier molecular flexibility index (Phi) is 2.13. The number of hydrogen-bond acceptors (Lipinski definition) is 4. The third kappa shape index (κ3) is 2.07. The van der Waals surface area contributed by atoms with Crippen molar-refractivity contribution < 1.29 is 0 Å². The summed E-state index contributed by atoms with van der Waals surface area (Å²) < 4.78 is 0. The lowest BCUT2D eigenvalue weighted by Gasteiger charge is -2.03. The van der Waals surface area contributed by atoms with E-state index in [2.05, 4.69) is 15.1 Å². The molecule has 1 aromatic heterocycles. The fourth-order valence-electron chi connectivity index (χ4n) is 0.535. The van der Waals surface area contributed by atoms with Gasteiger partial charge in [0.25, 0.3) is 0 Å². The average molecular weight is 143 g/mol. The van der Waals surface area contributed by atoms with E-state index in [9.17, 15) is 0 Å². The number of rotatable bonds is 2. The second kappa shape index (κ2) is 2.89. The zero-order valence-electron chi connectivity index (χ0n) is 5.53. The third-order valence-corrected chi connectivity index (χ3v) is 1.54. The number of nitrogens with zero attached hydrogens (tertiary/aromatic N) is 3. The molecule has 0 amide bonds. The van der Waals surface area contributed by atoms with E-state index in [0.29, 0.717) is 0 Å². The monoisotopic (exact) mass is 143 g/mol. The van der Waals surface area contributed by atoms with Gasteiger partial charge in [-0.25, -0.2) is 0 Å². The summed E-state index contributed by atoms with van der Waals surface area (Å²) in [5.74, 6) is 0. The Labute approximate surface area is 58.3 Å². The molecule has 1 rings (SSSR count). The molecule has 0 fully saturated rings. The molecule has 9 heavy (non-hydrogen) atoms. The highest BCUT2D eigenvalue weighted by atomic mass is 32.1. The lowest BCUT2D eigenvalue weighted by molar-refractivity contribution is 0.400. The van der Waals surface area contributed by atoms with Crippen LogP contribution in [0.15, 0.2) is 5.51 Å². The maximum atomic E-state index is 3.88. The van der Waals surface area contributed by atoms with Gasteiger partial charge in [0.1, 0.15) is 10.5 Å². The van der Waals surface area contributed by atoms with E-state index in [1.165, 1.54) is 0 Å². The summed E-state index contributed by atoms with van der Waals surface area (Å²) in [4.78, 5) is 2.07. The minimum atomic E-state index is 0.894. The van der Waals surface area contributed by atoms with Crippen LogP contribution in [0, 0.1) is 0 Å². The van der Waals surface area contributed by atoms with Crippen LogP contribution < -0.4 is 0 Å². The van der Waals surface area contributed by atoms with Crippen molar-refractivity contribution in [2.75, 3.05) is 14.1 Å². The minimum Gasteiger partial charge on any atom is -0.303 e. The largest absolute Gasteiger partial charge is 0.303 e. The van der Waals surface area contributed by atoms with Crippen molar-refractivity contribution in [3.63, 3.8) is 0 Å². The van der Waals surface area contributed by atoms with Crippen molar-refractivity contribution in [2.45, 2.75) is 6.54 Å². The maximum Gasteiger partial charge on any atom is 0.131 e. The SMILES string of the molecule is CN(C)Cc1nncs1. The quantitative estimate of drug-likeness (QED) is 0.607. The molecule has 0 aromatic carbocycles. The molecule has 1 aromatic rings. The molecule has 0 atom stereocenters. The standard InChI is InChI=1S/C5H9N3S/c1-8(2)3-5-7-6-4-9-5/h4H,3H2,1-2H3. The first kappa shape index (κ1) is 6.64. The molecule has 3 nitrogen and oxygen atoms in total. The first-order valence-electron chi connectivity index (χ1n) is 2.69. The molecule has 0 saturated carbocycles. The molecule has 0 N–H and O–H groups in total. The summed E-state index contributed by atoms with van der Waals surface area (Å²) in [6.45, 7) is 0.894. The van der Waals surface area contributed by atoms with Gasteiger partial charge in [-0.1, -0.05) is 0 Å². The van der Waals surface area contributed by atoms with Crippen molar-refractivity contribution >= 4 is 11.3 Å². The maximum absolute atomic E-state index is 3.88. The van der Waals surface area contributed by atoms with Crippen LogP contribution in [-0.4, -0.2) is 29.2 Å². The lowest BCUT2D eigenvalue weighted by Crippen LogP contribution is -2.10. The normalized spacial score (nSPS) is 10.6. The first-order chi connectivity index (χ1) is 4.29. The molecule has 0 bridgehead atoms. The van der Waals surface area contributed by atoms with Gasteiger partial charge in [-0.3, -0.25) is 0 Å². The van der Waals surface area contributed by atoms with E-state index >= 15 is 0 Å². The molecule has 0 aliphatic rings. The van der Waals surface area contributed by atoms with Gasteiger partial charge in [-0.2, -0.15) is 0 Å². The fraction of sp³-hybridized carbons (Fsp3) is 0.600. The smallest absolute Gasteiger partial charge is 0.131 e. The number of hydrogen-bond donors (Lipinski definition) is 0. The summed E-state index contributed by atoms with van der Waals surface area (Å²) in [7, 11) is 4.03. The van der Waals surface area contributed by atoms with Crippen molar-refractivity contribution in [2.24, 2.45) is 0 Å². The topological polar surface area (TPSA) is 29.0 Å². The van der Waals surface area contributed by atoms with Gasteiger partial charge in [0.2, 0.25) is 0 Å². The summed E-state index contributed by atoms with van der Waals surface area (Å²) in [5, 5.41) is 8.67. The average Bonchev–Trinajstić information content (AvgIpc) is 2.15. The zero-order chi connectivity index (χ0) is 6.69. The molecule has 4 heteroatoms. The molecule has 0 radical (unpaired) electrons.